The van der Waals surface area contributed by atoms with Crippen LogP contribution in [0.5, 0.6) is 0 Å². The number of hydrogen-bond acceptors (Lipinski definition) is 9. The Morgan fingerprint density at radius 2 is 1.54 bits per heavy atom. The molecule has 0 bridgehead atoms. The lowest BCUT2D eigenvalue weighted by atomic mass is 9.96. The smallest absolute Gasteiger partial charge is 0.422 e. The molecule has 262 valence electrons. The zero-order chi connectivity index (χ0) is 35.6. The number of oxazole rings is 1. The highest BCUT2D eigenvalue weighted by molar-refractivity contribution is 5.97. The van der Waals surface area contributed by atoms with Crippen molar-refractivity contribution in [3.63, 3.8) is 0 Å². The molecule has 4 amide bonds. The van der Waals surface area contributed by atoms with Gasteiger partial charge in [-0.15, -0.1) is 0 Å². The number of urea groups is 1. The lowest BCUT2D eigenvalue weighted by molar-refractivity contribution is -0.135. The number of hydrogen-bond donors (Lipinski definition) is 3. The molecule has 3 aromatic rings. The van der Waals surface area contributed by atoms with Crippen molar-refractivity contribution in [1.82, 2.24) is 25.2 Å². The molecule has 4 N–H and O–H groups in total. The van der Waals surface area contributed by atoms with Crippen molar-refractivity contribution in [2.45, 2.75) is 97.7 Å². The second-order valence-electron chi connectivity index (χ2n) is 13.8. The number of aliphatic hydroxyl groups excluding tert-OH is 1. The zero-order valence-electron chi connectivity index (χ0n) is 29.4. The third kappa shape index (κ3) is 11.5. The molecule has 0 fully saturated rings. The van der Waals surface area contributed by atoms with Gasteiger partial charge in [0.05, 0.1) is 30.4 Å². The van der Waals surface area contributed by atoms with E-state index in [0.717, 1.165) is 16.0 Å². The summed E-state index contributed by atoms with van der Waals surface area (Å²) < 4.78 is 11.1. The van der Waals surface area contributed by atoms with E-state index in [1.807, 2.05) is 74.5 Å². The maximum Gasteiger partial charge on any atom is 0.422 e. The van der Waals surface area contributed by atoms with Crippen LogP contribution in [0.15, 0.2) is 71.3 Å². The predicted molar refractivity (Wildman–Crippen MR) is 183 cm³/mol. The van der Waals surface area contributed by atoms with Crippen LogP contribution in [-0.4, -0.2) is 80.3 Å². The van der Waals surface area contributed by atoms with Crippen molar-refractivity contribution in [2.75, 3.05) is 13.6 Å². The molecule has 12 nitrogen and oxygen atoms in total. The number of carbonyl (C=O) groups is 3. The van der Waals surface area contributed by atoms with Crippen molar-refractivity contribution in [3.05, 3.63) is 89.6 Å². The molecule has 1 heterocycles. The summed E-state index contributed by atoms with van der Waals surface area (Å²) in [5.74, 6) is -0.325. The number of carbonyl (C=O) groups excluding carboxylic acids is 3. The van der Waals surface area contributed by atoms with Gasteiger partial charge < -0.3 is 24.9 Å². The fourth-order valence-electron chi connectivity index (χ4n) is 4.99. The van der Waals surface area contributed by atoms with Gasteiger partial charge in [0.1, 0.15) is 11.9 Å². The summed E-state index contributed by atoms with van der Waals surface area (Å²) in [5, 5.41) is 13.5. The summed E-state index contributed by atoms with van der Waals surface area (Å²) in [6.45, 7) is 12.9. The largest absolute Gasteiger partial charge is 0.448 e. The first-order valence-corrected chi connectivity index (χ1v) is 16.3. The second kappa shape index (κ2) is 17.2. The van der Waals surface area contributed by atoms with E-state index in [1.54, 1.807) is 41.7 Å². The minimum atomic E-state index is -1.33. The SMILES string of the molecule is CC(C)c1nc(CN(C)C(=O)N(C(=O)[C@@H](N)C(C)C)[C@@H](Cc2ccccc2)[C@@H](O)CN(Cc2ccccc2)NC(=O)OC(C)(C)C)co1. The van der Waals surface area contributed by atoms with Gasteiger partial charge in [0, 0.05) is 26.1 Å². The molecule has 0 saturated heterocycles. The quantitative estimate of drug-likeness (QED) is 0.200. The fourth-order valence-corrected chi connectivity index (χ4v) is 4.99. The Hall–Kier alpha value is -4.26. The van der Waals surface area contributed by atoms with E-state index in [9.17, 15) is 19.5 Å². The lowest BCUT2D eigenvalue weighted by Crippen LogP contribution is -2.61. The summed E-state index contributed by atoms with van der Waals surface area (Å²) in [5.41, 5.74) is 10.6. The Kier molecular flexibility index (Phi) is 13.7. The first kappa shape index (κ1) is 38.2. The number of imide groups is 1. The number of hydrazine groups is 1. The van der Waals surface area contributed by atoms with Crippen molar-refractivity contribution in [2.24, 2.45) is 11.7 Å². The standard InChI is InChI=1S/C36H52N6O6/c1-24(2)31(37)33(44)42(35(46)40(8)21-28-23-47-32(38-28)25(3)4)29(19-26-15-11-9-12-16-26)30(43)22-41(20-27-17-13-10-14-18-27)39-34(45)48-36(5,6)7/h9-18,23-25,29-31,43H,19-22,37H2,1-8H3,(H,39,45)/t29-,30-,31-/m0/s1. The van der Waals surface area contributed by atoms with Gasteiger partial charge in [0.15, 0.2) is 5.89 Å². The Balaban J connectivity index is 2.02. The molecule has 1 aromatic heterocycles. The summed E-state index contributed by atoms with van der Waals surface area (Å²) in [4.78, 5) is 48.3. The number of ether oxygens (including phenoxy) is 1. The number of aromatic nitrogens is 1. The predicted octanol–water partition coefficient (Wildman–Crippen LogP) is 5.08. The molecule has 0 saturated carbocycles. The lowest BCUT2D eigenvalue weighted by Gasteiger charge is -2.39. The van der Waals surface area contributed by atoms with Crippen molar-refractivity contribution in [3.8, 4) is 0 Å². The third-order valence-electron chi connectivity index (χ3n) is 7.57. The van der Waals surface area contributed by atoms with E-state index < -0.39 is 41.8 Å². The molecule has 0 aliphatic heterocycles. The minimum Gasteiger partial charge on any atom is -0.448 e. The molecule has 48 heavy (non-hydrogen) atoms. The van der Waals surface area contributed by atoms with E-state index in [0.29, 0.717) is 11.6 Å². The second-order valence-corrected chi connectivity index (χ2v) is 13.8. The first-order chi connectivity index (χ1) is 22.6. The van der Waals surface area contributed by atoms with Crippen LogP contribution in [-0.2, 0) is 29.0 Å². The zero-order valence-corrected chi connectivity index (χ0v) is 29.4. The fraction of sp³-hybridized carbons (Fsp3) is 0.500. The van der Waals surface area contributed by atoms with Crippen LogP contribution in [0.1, 0.15) is 77.1 Å². The molecule has 0 aliphatic carbocycles. The Morgan fingerprint density at radius 3 is 2.06 bits per heavy atom. The number of benzene rings is 2. The van der Waals surface area contributed by atoms with Crippen LogP contribution in [0.25, 0.3) is 0 Å². The summed E-state index contributed by atoms with van der Waals surface area (Å²) in [6, 6.07) is 16.0. The van der Waals surface area contributed by atoms with E-state index >= 15 is 0 Å². The summed E-state index contributed by atoms with van der Waals surface area (Å²) >= 11 is 0. The van der Waals surface area contributed by atoms with Crippen LogP contribution in [0, 0.1) is 5.92 Å². The van der Waals surface area contributed by atoms with Gasteiger partial charge in [-0.1, -0.05) is 88.4 Å². The molecule has 0 radical (unpaired) electrons. The maximum absolute atomic E-state index is 14.3. The van der Waals surface area contributed by atoms with Gasteiger partial charge in [0.2, 0.25) is 5.91 Å². The van der Waals surface area contributed by atoms with Gasteiger partial charge in [0.25, 0.3) is 0 Å². The Bertz CT molecular complexity index is 1460. The van der Waals surface area contributed by atoms with Crippen LogP contribution >= 0.6 is 0 Å². The van der Waals surface area contributed by atoms with Crippen LogP contribution in [0.4, 0.5) is 9.59 Å². The Labute approximate surface area is 284 Å². The van der Waals surface area contributed by atoms with Gasteiger partial charge in [-0.3, -0.25) is 15.1 Å². The topological polar surface area (TPSA) is 154 Å². The van der Waals surface area contributed by atoms with Crippen molar-refractivity contribution >= 4 is 18.0 Å². The maximum atomic E-state index is 14.3. The molecule has 3 rings (SSSR count). The van der Waals surface area contributed by atoms with Crippen LogP contribution in [0.2, 0.25) is 0 Å². The highest BCUT2D eigenvalue weighted by Crippen LogP contribution is 2.21. The molecule has 0 aliphatic rings. The van der Waals surface area contributed by atoms with Gasteiger partial charge >= 0.3 is 12.1 Å². The monoisotopic (exact) mass is 664 g/mol. The van der Waals surface area contributed by atoms with Gasteiger partial charge in [-0.25, -0.2) is 19.6 Å². The van der Waals surface area contributed by atoms with E-state index in [-0.39, 0.29) is 37.9 Å². The molecular weight excluding hydrogens is 612 g/mol. The average Bonchev–Trinajstić information content (AvgIpc) is 3.49. The Morgan fingerprint density at radius 1 is 0.958 bits per heavy atom. The summed E-state index contributed by atoms with van der Waals surface area (Å²) in [7, 11) is 1.56. The highest BCUT2D eigenvalue weighted by atomic mass is 16.6. The molecule has 2 aromatic carbocycles. The number of rotatable bonds is 14. The number of nitrogens with two attached hydrogens (primary N) is 1. The molecule has 0 spiro atoms. The molecular formula is C36H52N6O6. The van der Waals surface area contributed by atoms with E-state index in [2.05, 4.69) is 10.4 Å². The van der Waals surface area contributed by atoms with Gasteiger partial charge in [-0.2, -0.15) is 0 Å². The molecule has 0 unspecified atom stereocenters. The third-order valence-corrected chi connectivity index (χ3v) is 7.57. The number of nitrogens with one attached hydrogen (secondary N) is 1. The van der Waals surface area contributed by atoms with E-state index in [4.69, 9.17) is 14.9 Å². The highest BCUT2D eigenvalue weighted by Gasteiger charge is 2.40. The van der Waals surface area contributed by atoms with Crippen molar-refractivity contribution in [1.29, 1.82) is 0 Å². The van der Waals surface area contributed by atoms with Crippen LogP contribution in [0.3, 0.4) is 0 Å². The number of amides is 4. The number of nitrogens with zero attached hydrogens (tertiary/aromatic N) is 4. The normalized spacial score (nSPS) is 13.7. The molecule has 3 atom stereocenters. The molecule has 12 heteroatoms. The van der Waals surface area contributed by atoms with Gasteiger partial charge in [-0.05, 0) is 44.2 Å². The van der Waals surface area contributed by atoms with E-state index in [1.165, 1.54) is 16.2 Å². The minimum absolute atomic E-state index is 0.0559. The number of aliphatic hydroxyl groups is 1. The average molecular weight is 665 g/mol. The van der Waals surface area contributed by atoms with Crippen molar-refractivity contribution < 1.29 is 28.6 Å². The summed E-state index contributed by atoms with van der Waals surface area (Å²) in [6.07, 6.45) is -0.413. The first-order valence-electron chi connectivity index (χ1n) is 16.3. The van der Waals surface area contributed by atoms with Crippen LogP contribution < -0.4 is 11.2 Å².